The lowest BCUT2D eigenvalue weighted by Crippen LogP contribution is -2.29. The number of hydrogen-bond acceptors (Lipinski definition) is 5. The molecule has 3 N–H and O–H groups in total. The Morgan fingerprint density at radius 2 is 2.35 bits per heavy atom. The third kappa shape index (κ3) is 2.94. The number of aromatic nitrogens is 1. The molecule has 0 saturated heterocycles. The molecule has 0 aliphatic heterocycles. The Hall–Kier alpha value is -1.17. The molecule has 92 valence electrons. The number of rotatable bonds is 5. The van der Waals surface area contributed by atoms with Crippen molar-refractivity contribution in [1.29, 1.82) is 0 Å². The predicted molar refractivity (Wildman–Crippen MR) is 68.7 cm³/mol. The van der Waals surface area contributed by atoms with Crippen molar-refractivity contribution in [3.8, 4) is 0 Å². The molecule has 0 spiro atoms. The van der Waals surface area contributed by atoms with E-state index in [-0.39, 0.29) is 6.04 Å². The minimum absolute atomic E-state index is 0.0131. The van der Waals surface area contributed by atoms with E-state index in [1.54, 1.807) is 11.3 Å². The van der Waals surface area contributed by atoms with E-state index in [2.05, 4.69) is 17.3 Å². The summed E-state index contributed by atoms with van der Waals surface area (Å²) in [6.45, 7) is 4.06. The van der Waals surface area contributed by atoms with E-state index in [0.29, 0.717) is 0 Å². The average Bonchev–Trinajstić information content (AvgIpc) is 2.94. The Morgan fingerprint density at radius 1 is 1.53 bits per heavy atom. The molecule has 1 unspecified atom stereocenters. The smallest absolute Gasteiger partial charge is 0.122 e. The van der Waals surface area contributed by atoms with Gasteiger partial charge in [0, 0.05) is 23.9 Å². The van der Waals surface area contributed by atoms with Crippen LogP contribution in [0.15, 0.2) is 21.9 Å². The maximum Gasteiger partial charge on any atom is 0.122 e. The summed E-state index contributed by atoms with van der Waals surface area (Å²) in [5.74, 6) is 7.43. The number of nitrogens with two attached hydrogens (primary N) is 1. The van der Waals surface area contributed by atoms with Gasteiger partial charge in [-0.25, -0.2) is 10.4 Å². The Balaban J connectivity index is 2.10. The fourth-order valence-electron chi connectivity index (χ4n) is 1.68. The minimum atomic E-state index is -0.0131. The number of aryl methyl sites for hydroxylation is 2. The third-order valence-electron chi connectivity index (χ3n) is 2.62. The zero-order valence-electron chi connectivity index (χ0n) is 10.1. The van der Waals surface area contributed by atoms with Crippen LogP contribution in [0, 0.1) is 6.92 Å². The van der Waals surface area contributed by atoms with Crippen LogP contribution in [0.4, 0.5) is 0 Å². The number of hydrogen-bond donors (Lipinski definition) is 2. The highest BCUT2D eigenvalue weighted by Gasteiger charge is 2.16. The Labute approximate surface area is 105 Å². The van der Waals surface area contributed by atoms with Crippen molar-refractivity contribution in [3.05, 3.63) is 39.7 Å². The lowest BCUT2D eigenvalue weighted by Gasteiger charge is -2.11. The summed E-state index contributed by atoms with van der Waals surface area (Å²) < 4.78 is 5.70. The highest BCUT2D eigenvalue weighted by molar-refractivity contribution is 7.09. The van der Waals surface area contributed by atoms with E-state index in [1.807, 2.05) is 24.4 Å². The summed E-state index contributed by atoms with van der Waals surface area (Å²) in [5, 5.41) is 3.11. The summed E-state index contributed by atoms with van der Waals surface area (Å²) in [4.78, 5) is 4.43. The van der Waals surface area contributed by atoms with Crippen LogP contribution >= 0.6 is 11.3 Å². The van der Waals surface area contributed by atoms with Gasteiger partial charge < -0.3 is 4.42 Å². The fraction of sp³-hybridized carbons (Fsp3) is 0.417. The molecule has 2 aromatic rings. The molecule has 0 aliphatic carbocycles. The van der Waals surface area contributed by atoms with E-state index in [1.165, 1.54) is 0 Å². The number of nitrogens with zero attached hydrogens (tertiary/aromatic N) is 1. The van der Waals surface area contributed by atoms with Gasteiger partial charge in [-0.1, -0.05) is 6.92 Å². The molecule has 2 heterocycles. The summed E-state index contributed by atoms with van der Waals surface area (Å²) in [7, 11) is 0. The first kappa shape index (κ1) is 12.3. The first-order valence-corrected chi connectivity index (χ1v) is 6.56. The fourth-order valence-corrected chi connectivity index (χ4v) is 2.50. The normalized spacial score (nSPS) is 12.9. The Kier molecular flexibility index (Phi) is 3.93. The van der Waals surface area contributed by atoms with E-state index in [0.717, 1.165) is 35.1 Å². The molecule has 0 aromatic carbocycles. The lowest BCUT2D eigenvalue weighted by atomic mass is 10.2. The van der Waals surface area contributed by atoms with Gasteiger partial charge in [0.1, 0.15) is 11.5 Å². The van der Waals surface area contributed by atoms with Crippen LogP contribution in [0.5, 0.6) is 0 Å². The maximum atomic E-state index is 5.70. The van der Waals surface area contributed by atoms with E-state index in [4.69, 9.17) is 10.3 Å². The first-order chi connectivity index (χ1) is 8.22. The molecular formula is C12H17N3OS. The zero-order valence-corrected chi connectivity index (χ0v) is 10.9. The van der Waals surface area contributed by atoms with Crippen LogP contribution < -0.4 is 11.3 Å². The molecule has 2 aromatic heterocycles. The van der Waals surface area contributed by atoms with Gasteiger partial charge >= 0.3 is 0 Å². The standard InChI is InChI=1S/C12H17N3OS/c1-3-9-4-5-11(16-9)10(15-13)6-12-14-8(2)7-17-12/h4-5,7,10,15H,3,6,13H2,1-2H3. The van der Waals surface area contributed by atoms with E-state index in [9.17, 15) is 0 Å². The molecule has 0 bridgehead atoms. The van der Waals surface area contributed by atoms with Crippen LogP contribution in [0.1, 0.15) is 35.2 Å². The average molecular weight is 251 g/mol. The molecule has 4 nitrogen and oxygen atoms in total. The van der Waals surface area contributed by atoms with Gasteiger partial charge in [0.25, 0.3) is 0 Å². The third-order valence-corrected chi connectivity index (χ3v) is 3.61. The number of furan rings is 1. The van der Waals surface area contributed by atoms with Gasteiger partial charge in [0.2, 0.25) is 0 Å². The first-order valence-electron chi connectivity index (χ1n) is 5.68. The van der Waals surface area contributed by atoms with Crippen LogP contribution in [0.3, 0.4) is 0 Å². The van der Waals surface area contributed by atoms with Crippen molar-refractivity contribution in [2.75, 3.05) is 0 Å². The summed E-state index contributed by atoms with van der Waals surface area (Å²) in [6, 6.07) is 3.96. The largest absolute Gasteiger partial charge is 0.464 e. The highest BCUT2D eigenvalue weighted by atomic mass is 32.1. The van der Waals surface area contributed by atoms with Crippen LogP contribution in [-0.2, 0) is 12.8 Å². The van der Waals surface area contributed by atoms with Crippen molar-refractivity contribution in [2.24, 2.45) is 5.84 Å². The second-order valence-electron chi connectivity index (χ2n) is 3.96. The van der Waals surface area contributed by atoms with Crippen LogP contribution in [-0.4, -0.2) is 4.98 Å². The van der Waals surface area contributed by atoms with E-state index >= 15 is 0 Å². The molecule has 17 heavy (non-hydrogen) atoms. The van der Waals surface area contributed by atoms with Gasteiger partial charge in [-0.15, -0.1) is 11.3 Å². The SMILES string of the molecule is CCc1ccc(C(Cc2nc(C)cs2)NN)o1. The summed E-state index contributed by atoms with van der Waals surface area (Å²) >= 11 is 1.65. The highest BCUT2D eigenvalue weighted by Crippen LogP contribution is 2.22. The van der Waals surface area contributed by atoms with Crippen LogP contribution in [0.25, 0.3) is 0 Å². The van der Waals surface area contributed by atoms with Gasteiger partial charge in [0.15, 0.2) is 0 Å². The maximum absolute atomic E-state index is 5.70. The van der Waals surface area contributed by atoms with Gasteiger partial charge in [0.05, 0.1) is 11.0 Å². The summed E-state index contributed by atoms with van der Waals surface area (Å²) in [5.41, 5.74) is 3.84. The molecule has 1 atom stereocenters. The van der Waals surface area contributed by atoms with Crippen molar-refractivity contribution in [2.45, 2.75) is 32.7 Å². The zero-order chi connectivity index (χ0) is 12.3. The molecule has 0 radical (unpaired) electrons. The van der Waals surface area contributed by atoms with E-state index < -0.39 is 0 Å². The lowest BCUT2D eigenvalue weighted by molar-refractivity contribution is 0.396. The predicted octanol–water partition coefficient (Wildman–Crippen LogP) is 2.35. The molecule has 0 saturated carbocycles. The van der Waals surface area contributed by atoms with Crippen molar-refractivity contribution >= 4 is 11.3 Å². The molecule has 0 fully saturated rings. The van der Waals surface area contributed by atoms with Crippen molar-refractivity contribution in [1.82, 2.24) is 10.4 Å². The monoisotopic (exact) mass is 251 g/mol. The van der Waals surface area contributed by atoms with Gasteiger partial charge in [-0.2, -0.15) is 0 Å². The summed E-state index contributed by atoms with van der Waals surface area (Å²) in [6.07, 6.45) is 1.65. The van der Waals surface area contributed by atoms with Gasteiger partial charge in [-0.3, -0.25) is 5.84 Å². The second-order valence-corrected chi connectivity index (χ2v) is 4.91. The quantitative estimate of drug-likeness (QED) is 0.632. The Bertz CT molecular complexity index is 478. The topological polar surface area (TPSA) is 64.1 Å². The molecule has 2 rings (SSSR count). The molecular weight excluding hydrogens is 234 g/mol. The molecule has 5 heteroatoms. The molecule has 0 aliphatic rings. The number of nitrogens with one attached hydrogen (secondary N) is 1. The van der Waals surface area contributed by atoms with Gasteiger partial charge in [-0.05, 0) is 19.1 Å². The van der Waals surface area contributed by atoms with Crippen molar-refractivity contribution in [3.63, 3.8) is 0 Å². The molecule has 0 amide bonds. The minimum Gasteiger partial charge on any atom is -0.464 e. The second kappa shape index (κ2) is 5.44. The Morgan fingerprint density at radius 3 is 2.88 bits per heavy atom. The number of hydrazine groups is 1. The van der Waals surface area contributed by atoms with Crippen molar-refractivity contribution < 1.29 is 4.42 Å². The number of thiazole rings is 1. The van der Waals surface area contributed by atoms with Crippen LogP contribution in [0.2, 0.25) is 0 Å².